The third-order valence-corrected chi connectivity index (χ3v) is 4.21. The highest BCUT2D eigenvalue weighted by Gasteiger charge is 2.17. The first-order valence-electron chi connectivity index (χ1n) is 5.52. The van der Waals surface area contributed by atoms with E-state index in [1.54, 1.807) is 6.07 Å². The number of ether oxygens (including phenoxy) is 3. The van der Waals surface area contributed by atoms with Gasteiger partial charge >= 0.3 is 5.97 Å². The maximum Gasteiger partial charge on any atom is 0.348 e. The molecule has 3 rings (SSSR count). The van der Waals surface area contributed by atoms with E-state index < -0.39 is 0 Å². The van der Waals surface area contributed by atoms with Gasteiger partial charge in [-0.15, -0.1) is 11.3 Å². The molecule has 0 amide bonds. The average molecular weight is 341 g/mol. The summed E-state index contributed by atoms with van der Waals surface area (Å²) in [6.45, 7) is 0.411. The number of esters is 1. The Kier molecular flexibility index (Phi) is 3.44. The second-order valence-electron chi connectivity index (χ2n) is 3.85. The Morgan fingerprint density at radius 1 is 1.37 bits per heavy atom. The van der Waals surface area contributed by atoms with Crippen LogP contribution in [0.25, 0.3) is 0 Å². The lowest BCUT2D eigenvalue weighted by Crippen LogP contribution is -2.03. The molecule has 6 heteroatoms. The Morgan fingerprint density at radius 2 is 2.16 bits per heavy atom. The van der Waals surface area contributed by atoms with Crippen LogP contribution in [-0.4, -0.2) is 12.8 Å². The minimum Gasteiger partial charge on any atom is -0.457 e. The fraction of sp³-hybridized carbons (Fsp3) is 0.154. The van der Waals surface area contributed by atoms with E-state index in [2.05, 4.69) is 15.9 Å². The number of hydrogen-bond acceptors (Lipinski definition) is 5. The maximum absolute atomic E-state index is 11.7. The maximum atomic E-state index is 11.7. The Bertz CT molecular complexity index is 609. The number of carbonyl (C=O) groups is 1. The molecule has 0 saturated carbocycles. The van der Waals surface area contributed by atoms with Crippen LogP contribution in [0.5, 0.6) is 11.5 Å². The third-order valence-electron chi connectivity index (χ3n) is 2.62. The summed E-state index contributed by atoms with van der Waals surface area (Å²) in [7, 11) is 0. The standard InChI is InChI=1S/C13H9BrO4S/c14-9-5-11-10(17-7-18-11)4-8(9)6-16-13(15)12-2-1-3-19-12/h1-5H,6-7H2. The van der Waals surface area contributed by atoms with Crippen LogP contribution < -0.4 is 9.47 Å². The molecule has 0 atom stereocenters. The zero-order valence-corrected chi connectivity index (χ0v) is 12.1. The highest BCUT2D eigenvalue weighted by molar-refractivity contribution is 9.10. The summed E-state index contributed by atoms with van der Waals surface area (Å²) in [5, 5.41) is 1.84. The van der Waals surface area contributed by atoms with Crippen molar-refractivity contribution in [3.05, 3.63) is 44.6 Å². The smallest absolute Gasteiger partial charge is 0.348 e. The van der Waals surface area contributed by atoms with Crippen molar-refractivity contribution in [3.8, 4) is 11.5 Å². The molecule has 0 spiro atoms. The van der Waals surface area contributed by atoms with Crippen molar-refractivity contribution >= 4 is 33.2 Å². The van der Waals surface area contributed by atoms with Crippen molar-refractivity contribution in [3.63, 3.8) is 0 Å². The number of halogens is 1. The summed E-state index contributed by atoms with van der Waals surface area (Å²) in [5.41, 5.74) is 0.842. The molecular formula is C13H9BrO4S. The van der Waals surface area contributed by atoms with Gasteiger partial charge in [0.05, 0.1) is 0 Å². The SMILES string of the molecule is O=C(OCc1cc2c(cc1Br)OCO2)c1cccs1. The fourth-order valence-electron chi connectivity index (χ4n) is 1.68. The lowest BCUT2D eigenvalue weighted by atomic mass is 10.2. The average Bonchev–Trinajstić information content (AvgIpc) is 3.06. The van der Waals surface area contributed by atoms with Gasteiger partial charge in [0, 0.05) is 10.0 Å². The van der Waals surface area contributed by atoms with Crippen LogP contribution >= 0.6 is 27.3 Å². The minimum atomic E-state index is -0.320. The first-order valence-corrected chi connectivity index (χ1v) is 7.20. The van der Waals surface area contributed by atoms with Crippen LogP contribution in [0.1, 0.15) is 15.2 Å². The van der Waals surface area contributed by atoms with Gasteiger partial charge in [-0.25, -0.2) is 4.79 Å². The van der Waals surface area contributed by atoms with Crippen molar-refractivity contribution in [1.82, 2.24) is 0 Å². The first-order chi connectivity index (χ1) is 9.24. The van der Waals surface area contributed by atoms with Gasteiger partial charge in [-0.2, -0.15) is 0 Å². The molecule has 0 radical (unpaired) electrons. The lowest BCUT2D eigenvalue weighted by Gasteiger charge is -2.07. The highest BCUT2D eigenvalue weighted by Crippen LogP contribution is 2.37. The molecule has 0 saturated heterocycles. The molecule has 2 aromatic rings. The molecular weight excluding hydrogens is 332 g/mol. The zero-order valence-electron chi connectivity index (χ0n) is 9.72. The van der Waals surface area contributed by atoms with E-state index in [1.807, 2.05) is 23.6 Å². The number of fused-ring (bicyclic) bond motifs is 1. The van der Waals surface area contributed by atoms with Gasteiger partial charge in [-0.1, -0.05) is 22.0 Å². The Morgan fingerprint density at radius 3 is 2.89 bits per heavy atom. The van der Waals surface area contributed by atoms with Crippen molar-refractivity contribution in [2.75, 3.05) is 6.79 Å². The molecule has 0 bridgehead atoms. The van der Waals surface area contributed by atoms with Crippen LogP contribution in [0, 0.1) is 0 Å². The van der Waals surface area contributed by atoms with Crippen molar-refractivity contribution in [1.29, 1.82) is 0 Å². The second-order valence-corrected chi connectivity index (χ2v) is 5.65. The lowest BCUT2D eigenvalue weighted by molar-refractivity contribution is 0.0477. The molecule has 0 N–H and O–H groups in total. The van der Waals surface area contributed by atoms with Crippen LogP contribution in [0.15, 0.2) is 34.1 Å². The normalized spacial score (nSPS) is 12.5. The molecule has 19 heavy (non-hydrogen) atoms. The molecule has 4 nitrogen and oxygen atoms in total. The van der Waals surface area contributed by atoms with E-state index in [1.165, 1.54) is 11.3 Å². The summed E-state index contributed by atoms with van der Waals surface area (Å²) < 4.78 is 16.6. The van der Waals surface area contributed by atoms with E-state index in [4.69, 9.17) is 14.2 Å². The van der Waals surface area contributed by atoms with Crippen molar-refractivity contribution in [2.24, 2.45) is 0 Å². The number of hydrogen-bond donors (Lipinski definition) is 0. The van der Waals surface area contributed by atoms with E-state index in [0.717, 1.165) is 10.0 Å². The number of benzene rings is 1. The summed E-state index contributed by atoms with van der Waals surface area (Å²) in [6, 6.07) is 7.18. The predicted molar refractivity (Wildman–Crippen MR) is 73.7 cm³/mol. The Balaban J connectivity index is 1.72. The van der Waals surface area contributed by atoms with E-state index in [9.17, 15) is 4.79 Å². The molecule has 98 valence electrons. The molecule has 1 aliphatic rings. The van der Waals surface area contributed by atoms with Gasteiger partial charge in [-0.3, -0.25) is 0 Å². The predicted octanol–water partition coefficient (Wildman–Crippen LogP) is 3.60. The third kappa shape index (κ3) is 2.59. The second kappa shape index (κ2) is 5.22. The summed E-state index contributed by atoms with van der Waals surface area (Å²) in [4.78, 5) is 12.3. The van der Waals surface area contributed by atoms with Gasteiger partial charge in [0.1, 0.15) is 11.5 Å². The molecule has 1 aromatic carbocycles. The van der Waals surface area contributed by atoms with Crippen molar-refractivity contribution < 1.29 is 19.0 Å². The van der Waals surface area contributed by atoms with Gasteiger partial charge in [0.2, 0.25) is 6.79 Å². The van der Waals surface area contributed by atoms with Crippen LogP contribution in [0.2, 0.25) is 0 Å². The van der Waals surface area contributed by atoms with E-state index in [-0.39, 0.29) is 19.4 Å². The van der Waals surface area contributed by atoms with Gasteiger partial charge in [-0.05, 0) is 23.6 Å². The summed E-state index contributed by atoms with van der Waals surface area (Å²) in [5.74, 6) is 1.05. The molecule has 0 aliphatic carbocycles. The molecule has 1 aromatic heterocycles. The summed E-state index contributed by atoms with van der Waals surface area (Å²) >= 11 is 4.78. The fourth-order valence-corrected chi connectivity index (χ4v) is 2.73. The summed E-state index contributed by atoms with van der Waals surface area (Å²) in [6.07, 6.45) is 0. The Hall–Kier alpha value is -1.53. The number of thiophene rings is 1. The monoisotopic (exact) mass is 340 g/mol. The number of carbonyl (C=O) groups excluding carboxylic acids is 1. The van der Waals surface area contributed by atoms with Gasteiger partial charge < -0.3 is 14.2 Å². The molecule has 1 aliphatic heterocycles. The van der Waals surface area contributed by atoms with Crippen LogP contribution in [0.4, 0.5) is 0 Å². The quantitative estimate of drug-likeness (QED) is 0.801. The molecule has 2 heterocycles. The largest absolute Gasteiger partial charge is 0.457 e. The number of rotatable bonds is 3. The zero-order chi connectivity index (χ0) is 13.2. The van der Waals surface area contributed by atoms with Gasteiger partial charge in [0.15, 0.2) is 11.5 Å². The van der Waals surface area contributed by atoms with E-state index in [0.29, 0.717) is 16.4 Å². The van der Waals surface area contributed by atoms with E-state index >= 15 is 0 Å². The molecule has 0 fully saturated rings. The molecule has 0 unspecified atom stereocenters. The van der Waals surface area contributed by atoms with Gasteiger partial charge in [0.25, 0.3) is 0 Å². The van der Waals surface area contributed by atoms with Crippen LogP contribution in [-0.2, 0) is 11.3 Å². The van der Waals surface area contributed by atoms with Crippen LogP contribution in [0.3, 0.4) is 0 Å². The highest BCUT2D eigenvalue weighted by atomic mass is 79.9. The minimum absolute atomic E-state index is 0.188. The first kappa shape index (κ1) is 12.5. The Labute approximate surface area is 122 Å². The topological polar surface area (TPSA) is 44.8 Å². The van der Waals surface area contributed by atoms with Crippen molar-refractivity contribution in [2.45, 2.75) is 6.61 Å².